The number of urea groups is 1. The number of nitrogens with zero attached hydrogens (tertiary/aromatic N) is 2. The molecule has 1 saturated heterocycles. The van der Waals surface area contributed by atoms with Gasteiger partial charge in [-0.1, -0.05) is 103 Å². The highest BCUT2D eigenvalue weighted by atomic mass is 16.7. The van der Waals surface area contributed by atoms with Crippen molar-refractivity contribution in [2.24, 2.45) is 0 Å². The van der Waals surface area contributed by atoms with Gasteiger partial charge < -0.3 is 34.9 Å². The van der Waals surface area contributed by atoms with Crippen LogP contribution in [0.5, 0.6) is 0 Å². The molecule has 0 spiro atoms. The van der Waals surface area contributed by atoms with E-state index >= 15 is 0 Å². The second kappa shape index (κ2) is 19.1. The van der Waals surface area contributed by atoms with Gasteiger partial charge >= 0.3 is 12.0 Å². The summed E-state index contributed by atoms with van der Waals surface area (Å²) in [5.41, 5.74) is 7.73. The van der Waals surface area contributed by atoms with Crippen molar-refractivity contribution in [3.8, 4) is 11.1 Å². The number of esters is 1. The predicted molar refractivity (Wildman–Crippen MR) is 207 cm³/mol. The fourth-order valence-corrected chi connectivity index (χ4v) is 6.59. The summed E-state index contributed by atoms with van der Waals surface area (Å²) in [5, 5.41) is 15.2. The van der Waals surface area contributed by atoms with E-state index in [0.29, 0.717) is 12.8 Å². The Kier molecular flexibility index (Phi) is 13.6. The molecule has 6 rings (SSSR count). The Hall–Kier alpha value is -5.39. The molecule has 0 saturated carbocycles. The van der Waals surface area contributed by atoms with Crippen LogP contribution < -0.4 is 10.6 Å². The molecule has 1 aliphatic rings. The van der Waals surface area contributed by atoms with Crippen molar-refractivity contribution in [3.63, 3.8) is 0 Å². The highest BCUT2D eigenvalue weighted by Crippen LogP contribution is 2.38. The molecule has 280 valence electrons. The van der Waals surface area contributed by atoms with Gasteiger partial charge in [0.05, 0.1) is 25.9 Å². The number of aliphatic hydroxyl groups is 1. The molecule has 4 atom stereocenters. The highest BCUT2D eigenvalue weighted by molar-refractivity contribution is 5.83. The van der Waals surface area contributed by atoms with Gasteiger partial charge in [-0.25, -0.2) is 9.59 Å². The molecule has 4 aromatic carbocycles. The smallest absolute Gasteiger partial charge is 0.328 e. The molecule has 0 bridgehead atoms. The second-order valence-corrected chi connectivity index (χ2v) is 13.6. The molecule has 2 heterocycles. The van der Waals surface area contributed by atoms with Crippen molar-refractivity contribution in [3.05, 3.63) is 161 Å². The normalized spacial score (nSPS) is 17.4. The van der Waals surface area contributed by atoms with Crippen LogP contribution in [0.4, 0.5) is 4.79 Å². The quantitative estimate of drug-likeness (QED) is 0.104. The van der Waals surface area contributed by atoms with Gasteiger partial charge in [-0.2, -0.15) is 0 Å². The Bertz CT molecular complexity index is 1930. The molecule has 4 unspecified atom stereocenters. The van der Waals surface area contributed by atoms with Crippen molar-refractivity contribution in [2.75, 3.05) is 27.2 Å². The zero-order valence-electron chi connectivity index (χ0n) is 30.8. The minimum absolute atomic E-state index is 0.00497. The molecule has 1 fully saturated rings. The van der Waals surface area contributed by atoms with Crippen molar-refractivity contribution in [2.45, 2.75) is 57.0 Å². The van der Waals surface area contributed by atoms with Crippen molar-refractivity contribution < 1.29 is 28.9 Å². The van der Waals surface area contributed by atoms with E-state index in [-0.39, 0.29) is 25.4 Å². The number of aromatic nitrogens is 1. The predicted octanol–water partition coefficient (Wildman–Crippen LogP) is 6.54. The third-order valence-corrected chi connectivity index (χ3v) is 9.58. The molecule has 2 amide bonds. The van der Waals surface area contributed by atoms with E-state index in [1.165, 1.54) is 7.11 Å². The Labute approximate surface area is 317 Å². The van der Waals surface area contributed by atoms with Crippen LogP contribution >= 0.6 is 0 Å². The number of benzene rings is 4. The number of nitrogens with one attached hydrogen (secondary N) is 2. The van der Waals surface area contributed by atoms with E-state index in [9.17, 15) is 14.7 Å². The molecule has 0 aliphatic carbocycles. The first kappa shape index (κ1) is 38.3. The van der Waals surface area contributed by atoms with Gasteiger partial charge in [-0.15, -0.1) is 0 Å². The number of pyridine rings is 1. The van der Waals surface area contributed by atoms with E-state index in [4.69, 9.17) is 14.2 Å². The number of hydrogen-bond donors (Lipinski definition) is 3. The van der Waals surface area contributed by atoms with Crippen LogP contribution in [-0.2, 0) is 45.0 Å². The summed E-state index contributed by atoms with van der Waals surface area (Å²) in [6.45, 7) is 1.87. The fraction of sp³-hybridized carbons (Fsp3) is 0.295. The highest BCUT2D eigenvalue weighted by Gasteiger charge is 2.33. The minimum Gasteiger partial charge on any atom is -0.467 e. The number of rotatable bonds is 15. The van der Waals surface area contributed by atoms with E-state index < -0.39 is 24.3 Å². The molecule has 1 aliphatic heterocycles. The fourth-order valence-electron chi connectivity index (χ4n) is 6.59. The Morgan fingerprint density at radius 1 is 0.852 bits per heavy atom. The SMILES string of the molecule is COC(=O)C(Cc1ccccc1)NC(=O)NCc1cccc(-c2ccc(C3OC(CN(C)CCc4ccccn4)CC(c4ccc(CO)cc4)O3)cc2)c1. The Morgan fingerprint density at radius 3 is 2.31 bits per heavy atom. The zero-order chi connectivity index (χ0) is 37.7. The molecule has 1 aromatic heterocycles. The third kappa shape index (κ3) is 10.8. The van der Waals surface area contributed by atoms with Gasteiger partial charge in [-0.3, -0.25) is 4.98 Å². The van der Waals surface area contributed by atoms with Crippen molar-refractivity contribution in [1.82, 2.24) is 20.5 Å². The summed E-state index contributed by atoms with van der Waals surface area (Å²) in [4.78, 5) is 32.0. The summed E-state index contributed by atoms with van der Waals surface area (Å²) in [5.74, 6) is -0.504. The Balaban J connectivity index is 1.09. The van der Waals surface area contributed by atoms with E-state index in [1.807, 2.05) is 115 Å². The maximum absolute atomic E-state index is 12.8. The average molecular weight is 729 g/mol. The summed E-state index contributed by atoms with van der Waals surface area (Å²) in [6, 6.07) is 38.3. The van der Waals surface area contributed by atoms with Gasteiger partial charge in [0.15, 0.2) is 6.29 Å². The number of amides is 2. The van der Waals surface area contributed by atoms with Crippen molar-refractivity contribution >= 4 is 12.0 Å². The standard InChI is InChI=1S/C44H48N4O6/c1-48(24-22-38-13-6-7-23-45-38)29-39-27-41(35-16-14-32(30-49)15-17-35)54-43(53-39)36-20-18-34(19-21-36)37-12-8-11-33(25-37)28-46-44(51)47-40(42(50)52-2)26-31-9-4-3-5-10-31/h3-21,23,25,39-41,43,49H,22,24,26-30H2,1-2H3,(H2,46,47,51). The van der Waals surface area contributed by atoms with E-state index in [2.05, 4.69) is 39.7 Å². The minimum atomic E-state index is -0.810. The Morgan fingerprint density at radius 2 is 1.59 bits per heavy atom. The first-order valence-electron chi connectivity index (χ1n) is 18.3. The first-order valence-corrected chi connectivity index (χ1v) is 18.3. The molecule has 5 aromatic rings. The number of aliphatic hydroxyl groups excluding tert-OH is 1. The summed E-state index contributed by atoms with van der Waals surface area (Å²) in [7, 11) is 3.42. The molecular formula is C44H48N4O6. The van der Waals surface area contributed by atoms with Crippen LogP contribution in [0.1, 0.15) is 52.3 Å². The molecule has 10 nitrogen and oxygen atoms in total. The van der Waals surface area contributed by atoms with Crippen LogP contribution in [0.15, 0.2) is 128 Å². The monoisotopic (exact) mass is 728 g/mol. The summed E-state index contributed by atoms with van der Waals surface area (Å²) < 4.78 is 18.1. The van der Waals surface area contributed by atoms with Gasteiger partial charge in [0.1, 0.15) is 6.04 Å². The zero-order valence-corrected chi connectivity index (χ0v) is 30.8. The molecule has 10 heteroatoms. The van der Waals surface area contributed by atoms with Gasteiger partial charge in [0, 0.05) is 56.4 Å². The van der Waals surface area contributed by atoms with Crippen LogP contribution in [-0.4, -0.2) is 66.4 Å². The van der Waals surface area contributed by atoms with Crippen LogP contribution in [0.2, 0.25) is 0 Å². The van der Waals surface area contributed by atoms with Crippen molar-refractivity contribution in [1.29, 1.82) is 0 Å². The largest absolute Gasteiger partial charge is 0.467 e. The molecule has 54 heavy (non-hydrogen) atoms. The lowest BCUT2D eigenvalue weighted by Gasteiger charge is -2.38. The third-order valence-electron chi connectivity index (χ3n) is 9.58. The lowest BCUT2D eigenvalue weighted by molar-refractivity contribution is -0.252. The van der Waals surface area contributed by atoms with Crippen LogP contribution in [0.3, 0.4) is 0 Å². The van der Waals surface area contributed by atoms with Gasteiger partial charge in [0.25, 0.3) is 0 Å². The second-order valence-electron chi connectivity index (χ2n) is 13.6. The maximum atomic E-state index is 12.8. The van der Waals surface area contributed by atoms with E-state index in [1.54, 1.807) is 0 Å². The topological polar surface area (TPSA) is 122 Å². The first-order chi connectivity index (χ1) is 26.4. The van der Waals surface area contributed by atoms with Gasteiger partial charge in [0.2, 0.25) is 0 Å². The number of ether oxygens (including phenoxy) is 3. The summed E-state index contributed by atoms with van der Waals surface area (Å²) >= 11 is 0. The number of methoxy groups -OCH3 is 1. The van der Waals surface area contributed by atoms with Crippen LogP contribution in [0.25, 0.3) is 11.1 Å². The summed E-state index contributed by atoms with van der Waals surface area (Å²) in [6.07, 6.45) is 2.91. The van der Waals surface area contributed by atoms with E-state index in [0.717, 1.165) is 64.1 Å². The molecular weight excluding hydrogens is 681 g/mol. The lowest BCUT2D eigenvalue weighted by atomic mass is 9.99. The molecule has 3 N–H and O–H groups in total. The lowest BCUT2D eigenvalue weighted by Crippen LogP contribution is -2.47. The maximum Gasteiger partial charge on any atom is 0.328 e. The number of carbonyl (C=O) groups is 2. The van der Waals surface area contributed by atoms with Crippen LogP contribution in [0, 0.1) is 0 Å². The van der Waals surface area contributed by atoms with Gasteiger partial charge in [-0.05, 0) is 58.6 Å². The number of carbonyl (C=O) groups excluding carboxylic acids is 2. The molecule has 0 radical (unpaired) electrons. The number of hydrogen-bond acceptors (Lipinski definition) is 8. The average Bonchev–Trinajstić information content (AvgIpc) is 3.22. The number of likely N-dealkylation sites (N-methyl/N-ethyl adjacent to an activating group) is 1.